The van der Waals surface area contributed by atoms with Crippen LogP contribution in [0.15, 0.2) is 54.9 Å². The molecule has 1 aromatic heterocycles. The maximum atomic E-state index is 13.2. The van der Waals surface area contributed by atoms with E-state index in [1.165, 1.54) is 42.7 Å². The molecule has 1 saturated heterocycles. The van der Waals surface area contributed by atoms with Gasteiger partial charge in [0.1, 0.15) is 12.1 Å². The topological polar surface area (TPSA) is 125 Å². The zero-order valence-corrected chi connectivity index (χ0v) is 16.8. The lowest BCUT2D eigenvalue weighted by Gasteiger charge is -2.36. The number of hydrogen-bond acceptors (Lipinski definition) is 8. The first kappa shape index (κ1) is 21.0. The highest BCUT2D eigenvalue weighted by Crippen LogP contribution is 2.34. The van der Waals surface area contributed by atoms with Crippen molar-refractivity contribution in [3.05, 3.63) is 76.4 Å². The number of carboxylic acid groups (broad SMARTS) is 1. The van der Waals surface area contributed by atoms with Crippen LogP contribution in [-0.2, 0) is 0 Å². The van der Waals surface area contributed by atoms with E-state index in [1.807, 2.05) is 4.90 Å². The third-order valence-corrected chi connectivity index (χ3v) is 5.15. The third-order valence-electron chi connectivity index (χ3n) is 5.15. The molecule has 0 atom stereocenters. The highest BCUT2D eigenvalue weighted by atomic mass is 19.1. The predicted molar refractivity (Wildman–Crippen MR) is 116 cm³/mol. The van der Waals surface area contributed by atoms with E-state index in [0.29, 0.717) is 31.9 Å². The van der Waals surface area contributed by atoms with Crippen LogP contribution in [0, 0.1) is 15.9 Å². The van der Waals surface area contributed by atoms with E-state index in [-0.39, 0.29) is 28.7 Å². The number of hydrogen-bond donors (Lipinski definition) is 2. The molecule has 0 saturated carbocycles. The van der Waals surface area contributed by atoms with Gasteiger partial charge in [-0.3, -0.25) is 10.1 Å². The summed E-state index contributed by atoms with van der Waals surface area (Å²) in [5.41, 5.74) is 1.19. The van der Waals surface area contributed by atoms with Crippen LogP contribution in [0.4, 0.5) is 33.1 Å². The number of nitrogens with zero attached hydrogens (tertiary/aromatic N) is 5. The monoisotopic (exact) mass is 438 g/mol. The van der Waals surface area contributed by atoms with Gasteiger partial charge in [-0.2, -0.15) is 0 Å². The van der Waals surface area contributed by atoms with Crippen LogP contribution >= 0.6 is 0 Å². The molecule has 3 aromatic rings. The standard InChI is InChI=1S/C21H19FN6O4/c22-15-3-7-17(8-4-15)26-9-11-27(12-10-26)20-18(28(31)32)19(23-13-24-20)25-16-5-1-14(2-6-16)21(29)30/h1-8,13H,9-12H2,(H,29,30)(H,23,24,25). The van der Waals surface area contributed by atoms with Crippen LogP contribution in [0.25, 0.3) is 0 Å². The van der Waals surface area contributed by atoms with Gasteiger partial charge in [0, 0.05) is 37.6 Å². The zero-order valence-electron chi connectivity index (χ0n) is 16.8. The van der Waals surface area contributed by atoms with Gasteiger partial charge in [0.2, 0.25) is 11.6 Å². The first-order valence-corrected chi connectivity index (χ1v) is 9.77. The minimum atomic E-state index is -1.06. The van der Waals surface area contributed by atoms with E-state index in [2.05, 4.69) is 20.2 Å². The predicted octanol–water partition coefficient (Wildman–Crippen LogP) is 3.29. The second-order valence-electron chi connectivity index (χ2n) is 7.11. The molecule has 1 aliphatic rings. The molecule has 11 heteroatoms. The van der Waals surface area contributed by atoms with E-state index in [4.69, 9.17) is 5.11 Å². The fourth-order valence-corrected chi connectivity index (χ4v) is 3.52. The Balaban J connectivity index is 1.54. The summed E-state index contributed by atoms with van der Waals surface area (Å²) in [4.78, 5) is 34.4. The Morgan fingerprint density at radius 1 is 1.00 bits per heavy atom. The van der Waals surface area contributed by atoms with E-state index in [1.54, 1.807) is 12.1 Å². The molecule has 2 heterocycles. The highest BCUT2D eigenvalue weighted by molar-refractivity contribution is 5.88. The molecule has 0 amide bonds. The summed E-state index contributed by atoms with van der Waals surface area (Å²) in [7, 11) is 0. The summed E-state index contributed by atoms with van der Waals surface area (Å²) >= 11 is 0. The molecular weight excluding hydrogens is 419 g/mol. The molecular formula is C21H19FN6O4. The van der Waals surface area contributed by atoms with E-state index in [9.17, 15) is 19.3 Å². The van der Waals surface area contributed by atoms with Gasteiger partial charge in [-0.1, -0.05) is 0 Å². The second kappa shape index (κ2) is 8.84. The van der Waals surface area contributed by atoms with Crippen molar-refractivity contribution < 1.29 is 19.2 Å². The lowest BCUT2D eigenvalue weighted by molar-refractivity contribution is -0.383. The molecule has 0 aliphatic carbocycles. The summed E-state index contributed by atoms with van der Waals surface area (Å²) in [6.45, 7) is 2.16. The zero-order chi connectivity index (χ0) is 22.7. The van der Waals surface area contributed by atoms with Crippen molar-refractivity contribution in [2.75, 3.05) is 41.3 Å². The normalized spacial score (nSPS) is 13.7. The van der Waals surface area contributed by atoms with Crippen molar-refractivity contribution in [2.24, 2.45) is 0 Å². The molecule has 2 N–H and O–H groups in total. The summed E-state index contributed by atoms with van der Waals surface area (Å²) in [6, 6.07) is 12.0. The summed E-state index contributed by atoms with van der Waals surface area (Å²) in [5.74, 6) is -1.15. The van der Waals surface area contributed by atoms with Crippen molar-refractivity contribution in [3.8, 4) is 0 Å². The quantitative estimate of drug-likeness (QED) is 0.440. The molecule has 2 aromatic carbocycles. The van der Waals surface area contributed by atoms with Gasteiger partial charge in [0.25, 0.3) is 0 Å². The van der Waals surface area contributed by atoms with E-state index < -0.39 is 10.9 Å². The molecule has 1 fully saturated rings. The van der Waals surface area contributed by atoms with Crippen LogP contribution < -0.4 is 15.1 Å². The van der Waals surface area contributed by atoms with Gasteiger partial charge in [-0.05, 0) is 48.5 Å². The van der Waals surface area contributed by atoms with Gasteiger partial charge in [0.15, 0.2) is 0 Å². The fraction of sp³-hybridized carbons (Fsp3) is 0.190. The maximum absolute atomic E-state index is 13.2. The Bertz CT molecular complexity index is 1130. The summed E-state index contributed by atoms with van der Waals surface area (Å²) < 4.78 is 13.2. The lowest BCUT2D eigenvalue weighted by Crippen LogP contribution is -2.47. The molecule has 32 heavy (non-hydrogen) atoms. The van der Waals surface area contributed by atoms with Crippen molar-refractivity contribution in [3.63, 3.8) is 0 Å². The minimum Gasteiger partial charge on any atom is -0.478 e. The molecule has 0 bridgehead atoms. The van der Waals surface area contributed by atoms with Gasteiger partial charge >= 0.3 is 11.7 Å². The first-order valence-electron chi connectivity index (χ1n) is 9.77. The van der Waals surface area contributed by atoms with Crippen LogP contribution in [-0.4, -0.2) is 52.1 Å². The highest BCUT2D eigenvalue weighted by Gasteiger charge is 2.29. The van der Waals surface area contributed by atoms with Crippen molar-refractivity contribution in [1.82, 2.24) is 9.97 Å². The number of nitro groups is 1. The van der Waals surface area contributed by atoms with E-state index >= 15 is 0 Å². The molecule has 0 unspecified atom stereocenters. The largest absolute Gasteiger partial charge is 0.478 e. The Kier molecular flexibility index (Phi) is 5.79. The third kappa shape index (κ3) is 4.41. The number of nitrogens with one attached hydrogen (secondary N) is 1. The Morgan fingerprint density at radius 2 is 1.62 bits per heavy atom. The minimum absolute atomic E-state index is 0.0176. The van der Waals surface area contributed by atoms with Crippen LogP contribution in [0.3, 0.4) is 0 Å². The van der Waals surface area contributed by atoms with Gasteiger partial charge in [0.05, 0.1) is 10.5 Å². The van der Waals surface area contributed by atoms with Crippen molar-refractivity contribution in [1.29, 1.82) is 0 Å². The molecule has 1 aliphatic heterocycles. The number of aromatic nitrogens is 2. The van der Waals surface area contributed by atoms with Crippen molar-refractivity contribution >= 4 is 34.7 Å². The molecule has 4 rings (SSSR count). The SMILES string of the molecule is O=C(O)c1ccc(Nc2ncnc(N3CCN(c4ccc(F)cc4)CC3)c2[N+](=O)[O-])cc1. The molecule has 10 nitrogen and oxygen atoms in total. The lowest BCUT2D eigenvalue weighted by atomic mass is 10.2. The maximum Gasteiger partial charge on any atom is 0.353 e. The van der Waals surface area contributed by atoms with Crippen LogP contribution in [0.2, 0.25) is 0 Å². The number of aromatic carboxylic acids is 1. The fourth-order valence-electron chi connectivity index (χ4n) is 3.52. The number of anilines is 4. The Morgan fingerprint density at radius 3 is 2.22 bits per heavy atom. The summed E-state index contributed by atoms with van der Waals surface area (Å²) in [6.07, 6.45) is 1.25. The Hall–Kier alpha value is -4.28. The molecule has 164 valence electrons. The average Bonchev–Trinajstić information content (AvgIpc) is 2.80. The van der Waals surface area contributed by atoms with Crippen LogP contribution in [0.1, 0.15) is 10.4 Å². The molecule has 0 spiro atoms. The van der Waals surface area contributed by atoms with Gasteiger partial charge < -0.3 is 20.2 Å². The summed E-state index contributed by atoms with van der Waals surface area (Å²) in [5, 5.41) is 23.8. The number of halogens is 1. The van der Waals surface area contributed by atoms with Gasteiger partial charge in [-0.25, -0.2) is 19.2 Å². The molecule has 0 radical (unpaired) electrons. The number of piperazine rings is 1. The smallest absolute Gasteiger partial charge is 0.353 e. The van der Waals surface area contributed by atoms with Crippen LogP contribution in [0.5, 0.6) is 0 Å². The second-order valence-corrected chi connectivity index (χ2v) is 7.11. The Labute approximate surface area is 182 Å². The number of carboxylic acids is 1. The number of carbonyl (C=O) groups is 1. The number of rotatable bonds is 6. The van der Waals surface area contributed by atoms with E-state index in [0.717, 1.165) is 5.69 Å². The van der Waals surface area contributed by atoms with Gasteiger partial charge in [-0.15, -0.1) is 0 Å². The average molecular weight is 438 g/mol. The van der Waals surface area contributed by atoms with Crippen molar-refractivity contribution in [2.45, 2.75) is 0 Å². The number of benzene rings is 2. The first-order chi connectivity index (χ1) is 15.4.